The number of amides is 3. The topological polar surface area (TPSA) is 95.4 Å². The van der Waals surface area contributed by atoms with E-state index in [-0.39, 0.29) is 18.5 Å². The van der Waals surface area contributed by atoms with Gasteiger partial charge in [-0.05, 0) is 14.1 Å². The van der Waals surface area contributed by atoms with E-state index in [0.717, 1.165) is 6.54 Å². The van der Waals surface area contributed by atoms with Gasteiger partial charge in [0.2, 0.25) is 5.91 Å². The molecule has 0 aliphatic rings. The fraction of sp³-hybridized carbons (Fsp3) is 0.636. The second kappa shape index (κ2) is 7.43. The van der Waals surface area contributed by atoms with Gasteiger partial charge in [0, 0.05) is 27.2 Å². The molecule has 20 heavy (non-hydrogen) atoms. The maximum Gasteiger partial charge on any atom is 0.322 e. The molecule has 0 atom stereocenters. The highest BCUT2D eigenvalue weighted by Crippen LogP contribution is 2.00. The van der Waals surface area contributed by atoms with E-state index >= 15 is 0 Å². The molecule has 9 heteroatoms. The SMILES string of the molecule is CN(C)CCNC(=O)Cn1cc(NC(=O)N(C)C)nn1. The van der Waals surface area contributed by atoms with Crippen molar-refractivity contribution >= 4 is 17.8 Å². The Balaban J connectivity index is 2.40. The van der Waals surface area contributed by atoms with Crippen LogP contribution in [0.1, 0.15) is 0 Å². The minimum absolute atomic E-state index is 0.0677. The lowest BCUT2D eigenvalue weighted by Gasteiger charge is -2.10. The molecule has 2 N–H and O–H groups in total. The average molecular weight is 283 g/mol. The minimum atomic E-state index is -0.299. The van der Waals surface area contributed by atoms with Gasteiger partial charge in [0.25, 0.3) is 0 Å². The number of likely N-dealkylation sites (N-methyl/N-ethyl adjacent to an activating group) is 1. The van der Waals surface area contributed by atoms with Crippen LogP contribution in [0.4, 0.5) is 10.6 Å². The standard InChI is InChI=1S/C11H21N7O2/c1-16(2)6-5-12-10(19)8-18-7-9(14-15-18)13-11(20)17(3)4/h7H,5-6,8H2,1-4H3,(H,12,19)(H,13,20). The monoisotopic (exact) mass is 283 g/mol. The average Bonchev–Trinajstić information content (AvgIpc) is 2.75. The van der Waals surface area contributed by atoms with Gasteiger partial charge in [0.15, 0.2) is 5.82 Å². The van der Waals surface area contributed by atoms with Crippen molar-refractivity contribution in [3.05, 3.63) is 6.20 Å². The summed E-state index contributed by atoms with van der Waals surface area (Å²) in [4.78, 5) is 26.4. The van der Waals surface area contributed by atoms with Crippen molar-refractivity contribution in [2.24, 2.45) is 0 Å². The molecule has 0 aromatic carbocycles. The molecule has 9 nitrogen and oxygen atoms in total. The maximum absolute atomic E-state index is 11.6. The van der Waals surface area contributed by atoms with Crippen molar-refractivity contribution in [2.45, 2.75) is 6.54 Å². The van der Waals surface area contributed by atoms with E-state index < -0.39 is 0 Å². The summed E-state index contributed by atoms with van der Waals surface area (Å²) in [7, 11) is 7.11. The lowest BCUT2D eigenvalue weighted by atomic mass is 10.5. The highest BCUT2D eigenvalue weighted by Gasteiger charge is 2.09. The van der Waals surface area contributed by atoms with Gasteiger partial charge in [-0.1, -0.05) is 5.21 Å². The molecular weight excluding hydrogens is 262 g/mol. The third-order valence-electron chi connectivity index (χ3n) is 2.37. The quantitative estimate of drug-likeness (QED) is 0.702. The van der Waals surface area contributed by atoms with Crippen LogP contribution in [0.15, 0.2) is 6.20 Å². The van der Waals surface area contributed by atoms with Crippen LogP contribution in [0.25, 0.3) is 0 Å². The van der Waals surface area contributed by atoms with Gasteiger partial charge in [-0.15, -0.1) is 5.10 Å². The molecule has 0 aliphatic carbocycles. The number of hydrogen-bond donors (Lipinski definition) is 2. The van der Waals surface area contributed by atoms with Crippen LogP contribution in [0.3, 0.4) is 0 Å². The number of aromatic nitrogens is 3. The summed E-state index contributed by atoms with van der Waals surface area (Å²) >= 11 is 0. The van der Waals surface area contributed by atoms with Gasteiger partial charge in [0.05, 0.1) is 6.20 Å². The summed E-state index contributed by atoms with van der Waals surface area (Å²) in [5, 5.41) is 12.9. The van der Waals surface area contributed by atoms with Crippen molar-refractivity contribution in [3.63, 3.8) is 0 Å². The van der Waals surface area contributed by atoms with E-state index in [1.807, 2.05) is 19.0 Å². The zero-order valence-corrected chi connectivity index (χ0v) is 12.3. The Morgan fingerprint density at radius 3 is 2.60 bits per heavy atom. The molecule has 112 valence electrons. The van der Waals surface area contributed by atoms with Crippen LogP contribution < -0.4 is 10.6 Å². The summed E-state index contributed by atoms with van der Waals surface area (Å²) < 4.78 is 1.37. The normalized spacial score (nSPS) is 10.4. The van der Waals surface area contributed by atoms with Gasteiger partial charge in [-0.3, -0.25) is 10.1 Å². The first kappa shape index (κ1) is 15.9. The van der Waals surface area contributed by atoms with Gasteiger partial charge in [-0.2, -0.15) is 0 Å². The van der Waals surface area contributed by atoms with Gasteiger partial charge >= 0.3 is 6.03 Å². The summed E-state index contributed by atoms with van der Waals surface area (Å²) in [5.74, 6) is 0.159. The zero-order chi connectivity index (χ0) is 15.1. The van der Waals surface area contributed by atoms with E-state index in [4.69, 9.17) is 0 Å². The van der Waals surface area contributed by atoms with Crippen molar-refractivity contribution in [1.29, 1.82) is 0 Å². The second-order valence-electron chi connectivity index (χ2n) is 4.78. The largest absolute Gasteiger partial charge is 0.353 e. The van der Waals surface area contributed by atoms with Crippen molar-refractivity contribution < 1.29 is 9.59 Å². The molecule has 1 heterocycles. The minimum Gasteiger partial charge on any atom is -0.353 e. The van der Waals surface area contributed by atoms with Crippen LogP contribution in [-0.2, 0) is 11.3 Å². The Morgan fingerprint density at radius 1 is 1.30 bits per heavy atom. The fourth-order valence-electron chi connectivity index (χ4n) is 1.28. The summed E-state index contributed by atoms with van der Waals surface area (Å²) in [6.07, 6.45) is 1.51. The molecule has 0 saturated carbocycles. The van der Waals surface area contributed by atoms with E-state index in [0.29, 0.717) is 12.4 Å². The second-order valence-corrected chi connectivity index (χ2v) is 4.78. The first-order valence-electron chi connectivity index (χ1n) is 6.18. The van der Waals surface area contributed by atoms with Crippen molar-refractivity contribution in [2.75, 3.05) is 46.6 Å². The van der Waals surface area contributed by atoms with E-state index in [1.54, 1.807) is 14.1 Å². The van der Waals surface area contributed by atoms with Gasteiger partial charge in [0.1, 0.15) is 6.54 Å². The van der Waals surface area contributed by atoms with Crippen LogP contribution in [0.5, 0.6) is 0 Å². The van der Waals surface area contributed by atoms with E-state index in [1.165, 1.54) is 15.8 Å². The first-order valence-corrected chi connectivity index (χ1v) is 6.18. The number of hydrogen-bond acceptors (Lipinski definition) is 5. The van der Waals surface area contributed by atoms with Crippen LogP contribution in [-0.4, -0.2) is 78.0 Å². The van der Waals surface area contributed by atoms with E-state index in [9.17, 15) is 9.59 Å². The lowest BCUT2D eigenvalue weighted by molar-refractivity contribution is -0.121. The number of rotatable bonds is 6. The van der Waals surface area contributed by atoms with Crippen LogP contribution >= 0.6 is 0 Å². The number of carbonyl (C=O) groups is 2. The lowest BCUT2D eigenvalue weighted by Crippen LogP contribution is -2.33. The molecule has 0 aliphatic heterocycles. The van der Waals surface area contributed by atoms with Crippen LogP contribution in [0.2, 0.25) is 0 Å². The molecule has 1 aromatic rings. The molecule has 0 fully saturated rings. The summed E-state index contributed by atoms with van der Waals surface area (Å²) in [6, 6.07) is -0.299. The molecule has 0 unspecified atom stereocenters. The summed E-state index contributed by atoms with van der Waals surface area (Å²) in [5.41, 5.74) is 0. The Hall–Kier alpha value is -2.16. The van der Waals surface area contributed by atoms with Crippen molar-refractivity contribution in [3.8, 4) is 0 Å². The predicted octanol–water partition coefficient (Wildman–Crippen LogP) is -0.951. The van der Waals surface area contributed by atoms with Gasteiger partial charge < -0.3 is 15.1 Å². The van der Waals surface area contributed by atoms with Gasteiger partial charge in [-0.25, -0.2) is 9.48 Å². The molecular formula is C11H21N7O2. The molecule has 1 rings (SSSR count). The number of nitrogens with zero attached hydrogens (tertiary/aromatic N) is 5. The predicted molar refractivity (Wildman–Crippen MR) is 74.3 cm³/mol. The third-order valence-corrected chi connectivity index (χ3v) is 2.37. The number of urea groups is 1. The molecule has 3 amide bonds. The molecule has 1 aromatic heterocycles. The molecule has 0 radical (unpaired) electrons. The number of nitrogens with one attached hydrogen (secondary N) is 2. The smallest absolute Gasteiger partial charge is 0.322 e. The molecule has 0 bridgehead atoms. The van der Waals surface area contributed by atoms with Crippen LogP contribution in [0, 0.1) is 0 Å². The summed E-state index contributed by atoms with van der Waals surface area (Å²) in [6.45, 7) is 1.41. The maximum atomic E-state index is 11.6. The highest BCUT2D eigenvalue weighted by molar-refractivity contribution is 5.87. The van der Waals surface area contributed by atoms with E-state index in [2.05, 4.69) is 20.9 Å². The fourth-order valence-corrected chi connectivity index (χ4v) is 1.28. The Bertz CT molecular complexity index is 455. The first-order chi connectivity index (χ1) is 9.38. The number of carbonyl (C=O) groups excluding carboxylic acids is 2. The third kappa shape index (κ3) is 5.65. The zero-order valence-electron chi connectivity index (χ0n) is 12.3. The molecule has 0 saturated heterocycles. The number of anilines is 1. The van der Waals surface area contributed by atoms with Crippen molar-refractivity contribution in [1.82, 2.24) is 30.1 Å². The molecule has 0 spiro atoms. The Kier molecular flexibility index (Phi) is 5.91. The Morgan fingerprint density at radius 2 is 2.00 bits per heavy atom. The Labute approximate surface area is 117 Å². The highest BCUT2D eigenvalue weighted by atomic mass is 16.2.